The number of rotatable bonds is 1. The van der Waals surface area contributed by atoms with Gasteiger partial charge in [-0.25, -0.2) is 9.37 Å². The standard InChI is InChI=1S/C10H13BrFN3/c11-8-6-9(12)10(14-7-8)15-4-1-2-13-3-5-15/h6-7,13H,1-5H2. The van der Waals surface area contributed by atoms with E-state index in [-0.39, 0.29) is 5.82 Å². The van der Waals surface area contributed by atoms with Crippen molar-refractivity contribution in [1.29, 1.82) is 0 Å². The van der Waals surface area contributed by atoms with Crippen LogP contribution in [0.5, 0.6) is 0 Å². The van der Waals surface area contributed by atoms with Gasteiger partial charge in [0.25, 0.3) is 0 Å². The van der Waals surface area contributed by atoms with Crippen molar-refractivity contribution >= 4 is 21.7 Å². The lowest BCUT2D eigenvalue weighted by Crippen LogP contribution is -2.29. The van der Waals surface area contributed by atoms with Gasteiger partial charge in [-0.1, -0.05) is 0 Å². The molecule has 2 heterocycles. The van der Waals surface area contributed by atoms with Crippen LogP contribution < -0.4 is 10.2 Å². The lowest BCUT2D eigenvalue weighted by atomic mass is 10.3. The average molecular weight is 274 g/mol. The van der Waals surface area contributed by atoms with Crippen LogP contribution in [0.1, 0.15) is 6.42 Å². The normalized spacial score (nSPS) is 17.6. The Morgan fingerprint density at radius 3 is 3.07 bits per heavy atom. The highest BCUT2D eigenvalue weighted by Gasteiger charge is 2.14. The number of anilines is 1. The SMILES string of the molecule is Fc1cc(Br)cnc1N1CCCNCC1. The molecule has 1 saturated heterocycles. The predicted octanol–water partition coefficient (Wildman–Crippen LogP) is 1.78. The summed E-state index contributed by atoms with van der Waals surface area (Å²) in [5, 5.41) is 3.28. The third-order valence-corrected chi connectivity index (χ3v) is 2.86. The molecule has 1 fully saturated rings. The minimum absolute atomic E-state index is 0.258. The van der Waals surface area contributed by atoms with Gasteiger partial charge < -0.3 is 10.2 Å². The predicted molar refractivity (Wildman–Crippen MR) is 61.6 cm³/mol. The largest absolute Gasteiger partial charge is 0.353 e. The molecule has 0 amide bonds. The zero-order chi connectivity index (χ0) is 10.7. The number of nitrogens with one attached hydrogen (secondary N) is 1. The summed E-state index contributed by atoms with van der Waals surface area (Å²) < 4.78 is 14.3. The van der Waals surface area contributed by atoms with E-state index in [2.05, 4.69) is 26.2 Å². The minimum Gasteiger partial charge on any atom is -0.353 e. The maximum absolute atomic E-state index is 13.6. The zero-order valence-electron chi connectivity index (χ0n) is 8.34. The molecule has 0 atom stereocenters. The zero-order valence-corrected chi connectivity index (χ0v) is 9.93. The molecule has 0 unspecified atom stereocenters. The maximum atomic E-state index is 13.6. The fourth-order valence-electron chi connectivity index (χ4n) is 1.70. The lowest BCUT2D eigenvalue weighted by Gasteiger charge is -2.21. The van der Waals surface area contributed by atoms with Crippen LogP contribution in [0, 0.1) is 5.82 Å². The molecule has 2 rings (SSSR count). The fraction of sp³-hybridized carbons (Fsp3) is 0.500. The van der Waals surface area contributed by atoms with E-state index < -0.39 is 0 Å². The molecule has 1 N–H and O–H groups in total. The summed E-state index contributed by atoms with van der Waals surface area (Å²) in [7, 11) is 0. The van der Waals surface area contributed by atoms with Gasteiger partial charge in [0.05, 0.1) is 0 Å². The number of hydrogen-bond donors (Lipinski definition) is 1. The van der Waals surface area contributed by atoms with E-state index in [1.807, 2.05) is 4.90 Å². The van der Waals surface area contributed by atoms with Crippen LogP contribution in [-0.4, -0.2) is 31.2 Å². The number of hydrogen-bond acceptors (Lipinski definition) is 3. The molecule has 15 heavy (non-hydrogen) atoms. The summed E-state index contributed by atoms with van der Waals surface area (Å²) in [4.78, 5) is 6.11. The van der Waals surface area contributed by atoms with Crippen molar-refractivity contribution < 1.29 is 4.39 Å². The van der Waals surface area contributed by atoms with E-state index in [0.29, 0.717) is 10.3 Å². The van der Waals surface area contributed by atoms with Gasteiger partial charge in [-0.2, -0.15) is 0 Å². The molecule has 0 radical (unpaired) electrons. The first-order chi connectivity index (χ1) is 7.27. The Balaban J connectivity index is 2.19. The number of pyridine rings is 1. The molecular weight excluding hydrogens is 261 g/mol. The van der Waals surface area contributed by atoms with Crippen LogP contribution in [0.4, 0.5) is 10.2 Å². The Bertz CT molecular complexity index is 337. The molecule has 0 bridgehead atoms. The van der Waals surface area contributed by atoms with Gasteiger partial charge in [-0.3, -0.25) is 0 Å². The van der Waals surface area contributed by atoms with Crippen molar-refractivity contribution in [3.05, 3.63) is 22.6 Å². The molecule has 82 valence electrons. The Kier molecular flexibility index (Phi) is 3.53. The first-order valence-electron chi connectivity index (χ1n) is 5.04. The van der Waals surface area contributed by atoms with E-state index in [0.717, 1.165) is 32.6 Å². The quantitative estimate of drug-likeness (QED) is 0.846. The summed E-state index contributed by atoms with van der Waals surface area (Å²) in [6.45, 7) is 3.55. The average Bonchev–Trinajstić information content (AvgIpc) is 2.46. The summed E-state index contributed by atoms with van der Waals surface area (Å²) in [5.74, 6) is 0.202. The van der Waals surface area contributed by atoms with E-state index in [1.54, 1.807) is 6.20 Å². The van der Waals surface area contributed by atoms with Crippen LogP contribution in [0.3, 0.4) is 0 Å². The van der Waals surface area contributed by atoms with Crippen LogP contribution in [-0.2, 0) is 0 Å². The Morgan fingerprint density at radius 1 is 1.40 bits per heavy atom. The van der Waals surface area contributed by atoms with Gasteiger partial charge in [0.15, 0.2) is 11.6 Å². The van der Waals surface area contributed by atoms with Crippen molar-refractivity contribution in [2.24, 2.45) is 0 Å². The second-order valence-electron chi connectivity index (χ2n) is 3.55. The molecule has 0 aliphatic carbocycles. The van der Waals surface area contributed by atoms with E-state index in [9.17, 15) is 4.39 Å². The Hall–Kier alpha value is -0.680. The summed E-state index contributed by atoms with van der Waals surface area (Å²) >= 11 is 3.20. The molecule has 1 aromatic rings. The van der Waals surface area contributed by atoms with Gasteiger partial charge in [0.1, 0.15) is 0 Å². The highest BCUT2D eigenvalue weighted by molar-refractivity contribution is 9.10. The van der Waals surface area contributed by atoms with Crippen molar-refractivity contribution in [3.63, 3.8) is 0 Å². The molecule has 3 nitrogen and oxygen atoms in total. The van der Waals surface area contributed by atoms with Gasteiger partial charge >= 0.3 is 0 Å². The van der Waals surface area contributed by atoms with Gasteiger partial charge in [0, 0.05) is 30.3 Å². The topological polar surface area (TPSA) is 28.2 Å². The summed E-state index contributed by atoms with van der Waals surface area (Å²) in [6, 6.07) is 1.46. The van der Waals surface area contributed by atoms with Crippen LogP contribution in [0.2, 0.25) is 0 Å². The van der Waals surface area contributed by atoms with Gasteiger partial charge in [-0.15, -0.1) is 0 Å². The molecule has 0 aromatic carbocycles. The summed E-state index contributed by atoms with van der Waals surface area (Å²) in [5.41, 5.74) is 0. The molecule has 1 aliphatic rings. The molecule has 1 aromatic heterocycles. The smallest absolute Gasteiger partial charge is 0.166 e. The molecule has 5 heteroatoms. The van der Waals surface area contributed by atoms with Crippen LogP contribution >= 0.6 is 15.9 Å². The molecular formula is C10H13BrFN3. The third-order valence-electron chi connectivity index (χ3n) is 2.43. The van der Waals surface area contributed by atoms with Crippen LogP contribution in [0.25, 0.3) is 0 Å². The second kappa shape index (κ2) is 4.90. The molecule has 1 aliphatic heterocycles. The maximum Gasteiger partial charge on any atom is 0.166 e. The fourth-order valence-corrected chi connectivity index (χ4v) is 2.00. The van der Waals surface area contributed by atoms with E-state index in [4.69, 9.17) is 0 Å². The third kappa shape index (κ3) is 2.66. The highest BCUT2D eigenvalue weighted by Crippen LogP contribution is 2.20. The minimum atomic E-state index is -0.258. The Morgan fingerprint density at radius 2 is 2.27 bits per heavy atom. The first kappa shape index (κ1) is 10.8. The van der Waals surface area contributed by atoms with Crippen LogP contribution in [0.15, 0.2) is 16.7 Å². The number of halogens is 2. The number of aromatic nitrogens is 1. The van der Waals surface area contributed by atoms with E-state index in [1.165, 1.54) is 6.07 Å². The van der Waals surface area contributed by atoms with Crippen molar-refractivity contribution in [3.8, 4) is 0 Å². The lowest BCUT2D eigenvalue weighted by molar-refractivity contribution is 0.609. The molecule has 0 saturated carbocycles. The second-order valence-corrected chi connectivity index (χ2v) is 4.47. The van der Waals surface area contributed by atoms with E-state index >= 15 is 0 Å². The molecule has 0 spiro atoms. The monoisotopic (exact) mass is 273 g/mol. The van der Waals surface area contributed by atoms with Gasteiger partial charge in [-0.05, 0) is 35.0 Å². The van der Waals surface area contributed by atoms with Gasteiger partial charge in [0.2, 0.25) is 0 Å². The number of nitrogens with zero attached hydrogens (tertiary/aromatic N) is 2. The van der Waals surface area contributed by atoms with Crippen molar-refractivity contribution in [2.75, 3.05) is 31.1 Å². The summed E-state index contributed by atoms with van der Waals surface area (Å²) in [6.07, 6.45) is 2.66. The first-order valence-corrected chi connectivity index (χ1v) is 5.83. The van der Waals surface area contributed by atoms with Crippen molar-refractivity contribution in [2.45, 2.75) is 6.42 Å². The highest BCUT2D eigenvalue weighted by atomic mass is 79.9. The Labute approximate surface area is 96.8 Å². The van der Waals surface area contributed by atoms with Crippen molar-refractivity contribution in [1.82, 2.24) is 10.3 Å².